The van der Waals surface area contributed by atoms with E-state index in [-0.39, 0.29) is 23.2 Å². The molecule has 0 aliphatic heterocycles. The summed E-state index contributed by atoms with van der Waals surface area (Å²) in [7, 11) is 5.04. The predicted molar refractivity (Wildman–Crippen MR) is 168 cm³/mol. The lowest BCUT2D eigenvalue weighted by Crippen LogP contribution is -2.35. The van der Waals surface area contributed by atoms with Crippen LogP contribution in [0.3, 0.4) is 0 Å². The number of carbonyl (C=O) groups is 1. The number of ether oxygens (including phenoxy) is 3. The fraction of sp³-hybridized carbons (Fsp3) is 0.229. The Morgan fingerprint density at radius 2 is 1.67 bits per heavy atom. The fourth-order valence-corrected chi connectivity index (χ4v) is 5.24. The van der Waals surface area contributed by atoms with Gasteiger partial charge in [-0.1, -0.05) is 0 Å². The third kappa shape index (κ3) is 6.95. The van der Waals surface area contributed by atoms with E-state index in [1.165, 1.54) is 26.0 Å². The summed E-state index contributed by atoms with van der Waals surface area (Å²) in [5, 5.41) is 0.254. The number of nitrogens with zero attached hydrogens (tertiary/aromatic N) is 3. The summed E-state index contributed by atoms with van der Waals surface area (Å²) in [5.74, 6) is -0.815. The Bertz CT molecular complexity index is 1900. The molecular formula is C35H34F2N3O5+. The van der Waals surface area contributed by atoms with E-state index in [0.29, 0.717) is 35.1 Å². The van der Waals surface area contributed by atoms with Crippen molar-refractivity contribution in [1.82, 2.24) is 4.57 Å². The summed E-state index contributed by atoms with van der Waals surface area (Å²) >= 11 is 0. The lowest BCUT2D eigenvalue weighted by Gasteiger charge is -2.22. The number of hydrogen-bond acceptors (Lipinski definition) is 5. The van der Waals surface area contributed by atoms with Crippen molar-refractivity contribution in [2.45, 2.75) is 19.8 Å². The van der Waals surface area contributed by atoms with Gasteiger partial charge in [-0.05, 0) is 50.1 Å². The molecule has 1 amide bonds. The number of benzene rings is 3. The monoisotopic (exact) mass is 614 g/mol. The molecule has 0 bridgehead atoms. The van der Waals surface area contributed by atoms with Gasteiger partial charge >= 0.3 is 0 Å². The number of aromatic nitrogens is 2. The van der Waals surface area contributed by atoms with Crippen LogP contribution in [0.15, 0.2) is 90.1 Å². The van der Waals surface area contributed by atoms with Gasteiger partial charge in [0, 0.05) is 65.8 Å². The van der Waals surface area contributed by atoms with E-state index in [1.54, 1.807) is 47.9 Å². The van der Waals surface area contributed by atoms with Crippen molar-refractivity contribution in [3.05, 3.63) is 118 Å². The fourth-order valence-electron chi connectivity index (χ4n) is 5.24. The highest BCUT2D eigenvalue weighted by molar-refractivity contribution is 6.07. The second kappa shape index (κ2) is 13.6. The molecule has 0 fully saturated rings. The summed E-state index contributed by atoms with van der Waals surface area (Å²) < 4.78 is 49.0. The minimum atomic E-state index is -0.832. The number of anilines is 1. The molecule has 0 radical (unpaired) electrons. The first-order valence-electron chi connectivity index (χ1n) is 14.5. The number of carbonyl (C=O) groups excluding carboxylic acids is 1. The summed E-state index contributed by atoms with van der Waals surface area (Å²) in [6.45, 7) is 2.18. The maximum absolute atomic E-state index is 14.1. The zero-order chi connectivity index (χ0) is 32.1. The maximum atomic E-state index is 14.1. The Labute approximate surface area is 259 Å². The molecule has 45 heavy (non-hydrogen) atoms. The van der Waals surface area contributed by atoms with Crippen molar-refractivity contribution < 1.29 is 32.4 Å². The molecule has 8 nitrogen and oxygen atoms in total. The van der Waals surface area contributed by atoms with Crippen molar-refractivity contribution in [3.8, 4) is 22.9 Å². The molecule has 0 unspecified atom stereocenters. The first-order valence-corrected chi connectivity index (χ1v) is 14.5. The number of methoxy groups -OCH3 is 2. The average molecular weight is 615 g/mol. The molecule has 2 aromatic heterocycles. The SMILES string of the molecule is CCN(C(=O)c1cn(-c2cc(OC)cc(OCCCc3ccc[n+](C)c3)c2)c2cc(OC)ccc2c1=O)c1cc(F)cc(F)c1. The van der Waals surface area contributed by atoms with E-state index in [9.17, 15) is 18.4 Å². The van der Waals surface area contributed by atoms with E-state index in [2.05, 4.69) is 12.3 Å². The van der Waals surface area contributed by atoms with Gasteiger partial charge in [-0.3, -0.25) is 9.59 Å². The van der Waals surface area contributed by atoms with E-state index in [4.69, 9.17) is 14.2 Å². The first-order chi connectivity index (χ1) is 21.7. The third-order valence-electron chi connectivity index (χ3n) is 7.42. The number of rotatable bonds is 11. The summed E-state index contributed by atoms with van der Waals surface area (Å²) in [5.41, 5.74) is 1.53. The van der Waals surface area contributed by atoms with Crippen LogP contribution >= 0.6 is 0 Å². The highest BCUT2D eigenvalue weighted by atomic mass is 19.1. The summed E-state index contributed by atoms with van der Waals surface area (Å²) in [6.07, 6.45) is 7.10. The van der Waals surface area contributed by atoms with Gasteiger partial charge in [-0.2, -0.15) is 0 Å². The van der Waals surface area contributed by atoms with Gasteiger partial charge in [0.15, 0.2) is 12.4 Å². The Kier molecular flexibility index (Phi) is 9.42. The molecule has 5 rings (SSSR count). The van der Waals surface area contributed by atoms with Crippen molar-refractivity contribution in [1.29, 1.82) is 0 Å². The molecule has 232 valence electrons. The Hall–Kier alpha value is -5.25. The van der Waals surface area contributed by atoms with E-state index >= 15 is 0 Å². The minimum absolute atomic E-state index is 0.00195. The second-order valence-corrected chi connectivity index (χ2v) is 10.5. The van der Waals surface area contributed by atoms with E-state index in [0.717, 1.165) is 35.9 Å². The number of hydrogen-bond donors (Lipinski definition) is 0. The maximum Gasteiger partial charge on any atom is 0.263 e. The molecule has 10 heteroatoms. The van der Waals surface area contributed by atoms with Crippen LogP contribution in [0.5, 0.6) is 17.2 Å². The highest BCUT2D eigenvalue weighted by Gasteiger charge is 2.23. The molecule has 0 atom stereocenters. The number of halogens is 2. The molecule has 0 saturated carbocycles. The van der Waals surface area contributed by atoms with Gasteiger partial charge in [0.25, 0.3) is 5.91 Å². The molecular weight excluding hydrogens is 580 g/mol. The molecule has 0 N–H and O–H groups in total. The van der Waals surface area contributed by atoms with Crippen LogP contribution in [0.4, 0.5) is 14.5 Å². The van der Waals surface area contributed by atoms with Crippen molar-refractivity contribution in [2.75, 3.05) is 32.3 Å². The summed E-state index contributed by atoms with van der Waals surface area (Å²) in [6, 6.07) is 17.1. The van der Waals surface area contributed by atoms with E-state index < -0.39 is 23.0 Å². The average Bonchev–Trinajstić information content (AvgIpc) is 3.02. The highest BCUT2D eigenvalue weighted by Crippen LogP contribution is 2.30. The smallest absolute Gasteiger partial charge is 0.263 e. The zero-order valence-corrected chi connectivity index (χ0v) is 25.6. The van der Waals surface area contributed by atoms with Crippen molar-refractivity contribution >= 4 is 22.5 Å². The molecule has 0 aliphatic carbocycles. The standard InChI is InChI=1S/C35H34F2N3O5/c1-5-39(26-15-24(36)14-25(37)16-26)35(42)32-22-40(33-20-28(43-3)10-11-31(33)34(32)41)27-17-29(44-4)19-30(18-27)45-13-7-9-23-8-6-12-38(2)21-23/h6,8,10-12,14-22H,5,7,9,13H2,1-4H3/q+1. The van der Waals surface area contributed by atoms with Crippen LogP contribution in [0.2, 0.25) is 0 Å². The van der Waals surface area contributed by atoms with Gasteiger partial charge in [0.05, 0.1) is 32.0 Å². The van der Waals surface area contributed by atoms with Crippen LogP contribution in [0, 0.1) is 11.6 Å². The minimum Gasteiger partial charge on any atom is -0.497 e. The van der Waals surface area contributed by atoms with Gasteiger partial charge in [-0.15, -0.1) is 0 Å². The van der Waals surface area contributed by atoms with Crippen LogP contribution in [-0.2, 0) is 13.5 Å². The summed E-state index contributed by atoms with van der Waals surface area (Å²) in [4.78, 5) is 28.8. The number of fused-ring (bicyclic) bond motifs is 1. The lowest BCUT2D eigenvalue weighted by molar-refractivity contribution is -0.671. The van der Waals surface area contributed by atoms with Gasteiger partial charge in [-0.25, -0.2) is 13.3 Å². The predicted octanol–water partition coefficient (Wildman–Crippen LogP) is 5.79. The van der Waals surface area contributed by atoms with Gasteiger partial charge in [0.1, 0.15) is 41.5 Å². The van der Waals surface area contributed by atoms with Gasteiger partial charge < -0.3 is 23.7 Å². The van der Waals surface area contributed by atoms with Crippen LogP contribution in [-0.4, -0.2) is 37.8 Å². The molecule has 5 aromatic rings. The lowest BCUT2D eigenvalue weighted by atomic mass is 10.1. The van der Waals surface area contributed by atoms with Gasteiger partial charge in [0.2, 0.25) is 5.43 Å². The zero-order valence-electron chi connectivity index (χ0n) is 25.6. The van der Waals surface area contributed by atoms with E-state index in [1.807, 2.05) is 23.9 Å². The molecule has 0 spiro atoms. The molecule has 0 aliphatic rings. The van der Waals surface area contributed by atoms with Crippen molar-refractivity contribution in [2.24, 2.45) is 7.05 Å². The first kappa shape index (κ1) is 31.2. The third-order valence-corrected chi connectivity index (χ3v) is 7.42. The molecule has 2 heterocycles. The number of amides is 1. The Balaban J connectivity index is 1.56. The Morgan fingerprint density at radius 1 is 0.933 bits per heavy atom. The number of aryl methyl sites for hydroxylation is 2. The number of pyridine rings is 2. The van der Waals surface area contributed by atoms with Crippen LogP contribution < -0.4 is 29.1 Å². The molecule has 3 aromatic carbocycles. The normalized spacial score (nSPS) is 11.0. The largest absolute Gasteiger partial charge is 0.497 e. The topological polar surface area (TPSA) is 73.9 Å². The van der Waals surface area contributed by atoms with Crippen molar-refractivity contribution in [3.63, 3.8) is 0 Å². The Morgan fingerprint density at radius 3 is 2.36 bits per heavy atom. The van der Waals surface area contributed by atoms with Crippen LogP contribution in [0.1, 0.15) is 29.3 Å². The molecule has 0 saturated heterocycles. The quantitative estimate of drug-likeness (QED) is 0.139. The van der Waals surface area contributed by atoms with Crippen LogP contribution in [0.25, 0.3) is 16.6 Å². The second-order valence-electron chi connectivity index (χ2n) is 10.5.